The minimum atomic E-state index is -0.930. The van der Waals surface area contributed by atoms with Gasteiger partial charge in [-0.05, 0) is 42.5 Å². The topological polar surface area (TPSA) is 37.3 Å². The molecule has 0 fully saturated rings. The zero-order valence-corrected chi connectivity index (χ0v) is 11.4. The minimum absolute atomic E-state index is 0.272. The van der Waals surface area contributed by atoms with Crippen molar-refractivity contribution in [3.63, 3.8) is 0 Å². The Morgan fingerprint density at radius 2 is 1.56 bits per heavy atom. The fourth-order valence-electron chi connectivity index (χ4n) is 1.34. The van der Waals surface area contributed by atoms with Crippen molar-refractivity contribution in [2.45, 2.75) is 9.79 Å². The first kappa shape index (κ1) is 13.3. The molecule has 0 radical (unpaired) electrons. The van der Waals surface area contributed by atoms with Crippen molar-refractivity contribution in [3.05, 3.63) is 58.1 Å². The molecule has 1 N–H and O–H groups in total. The van der Waals surface area contributed by atoms with Crippen molar-refractivity contribution in [1.82, 2.24) is 0 Å². The lowest BCUT2D eigenvalue weighted by Crippen LogP contribution is -1.94. The maximum Gasteiger partial charge on any atom is 0.335 e. The van der Waals surface area contributed by atoms with Crippen molar-refractivity contribution >= 4 is 40.9 Å². The van der Waals surface area contributed by atoms with Crippen LogP contribution in [0.5, 0.6) is 0 Å². The van der Waals surface area contributed by atoms with Gasteiger partial charge in [0.25, 0.3) is 0 Å². The first-order valence-corrected chi connectivity index (χ1v) is 6.60. The highest BCUT2D eigenvalue weighted by Crippen LogP contribution is 2.32. The van der Waals surface area contributed by atoms with Crippen LogP contribution < -0.4 is 0 Å². The number of hydrogen-bond acceptors (Lipinski definition) is 2. The van der Waals surface area contributed by atoms with Crippen molar-refractivity contribution in [3.8, 4) is 0 Å². The molecule has 0 saturated carbocycles. The van der Waals surface area contributed by atoms with Crippen molar-refractivity contribution < 1.29 is 9.90 Å². The molecule has 2 aromatic rings. The van der Waals surface area contributed by atoms with E-state index in [1.165, 1.54) is 11.8 Å². The van der Waals surface area contributed by atoms with Crippen LogP contribution in [0.15, 0.2) is 52.3 Å². The molecule has 92 valence electrons. The summed E-state index contributed by atoms with van der Waals surface area (Å²) in [5, 5.41) is 9.81. The highest BCUT2D eigenvalue weighted by molar-refractivity contribution is 7.99. The van der Waals surface area contributed by atoms with Gasteiger partial charge in [0.1, 0.15) is 0 Å². The molecule has 2 aromatic carbocycles. The minimum Gasteiger partial charge on any atom is -0.478 e. The highest BCUT2D eigenvalue weighted by atomic mass is 35.5. The molecule has 0 heterocycles. The average Bonchev–Trinajstić information content (AvgIpc) is 2.34. The van der Waals surface area contributed by atoms with E-state index in [-0.39, 0.29) is 5.56 Å². The van der Waals surface area contributed by atoms with Gasteiger partial charge < -0.3 is 5.11 Å². The predicted octanol–water partition coefficient (Wildman–Crippen LogP) is 4.84. The molecule has 18 heavy (non-hydrogen) atoms. The van der Waals surface area contributed by atoms with E-state index in [4.69, 9.17) is 28.3 Å². The van der Waals surface area contributed by atoms with Gasteiger partial charge in [0.05, 0.1) is 15.6 Å². The molecule has 0 saturated heterocycles. The third-order valence-electron chi connectivity index (χ3n) is 2.23. The number of hydrogen-bond donors (Lipinski definition) is 1. The second-order valence-electron chi connectivity index (χ2n) is 3.51. The summed E-state index contributed by atoms with van der Waals surface area (Å²) in [4.78, 5) is 12.6. The highest BCUT2D eigenvalue weighted by Gasteiger charge is 2.04. The summed E-state index contributed by atoms with van der Waals surface area (Å²) in [6.45, 7) is 0. The van der Waals surface area contributed by atoms with Crippen LogP contribution in [0.2, 0.25) is 10.0 Å². The Kier molecular flexibility index (Phi) is 4.17. The quantitative estimate of drug-likeness (QED) is 0.881. The van der Waals surface area contributed by atoms with E-state index in [0.29, 0.717) is 10.0 Å². The molecule has 0 aromatic heterocycles. The van der Waals surface area contributed by atoms with Crippen LogP contribution in [0.3, 0.4) is 0 Å². The molecule has 0 spiro atoms. The van der Waals surface area contributed by atoms with Crippen LogP contribution in [0.1, 0.15) is 10.4 Å². The monoisotopic (exact) mass is 298 g/mol. The van der Waals surface area contributed by atoms with Gasteiger partial charge in [0.15, 0.2) is 0 Å². The van der Waals surface area contributed by atoms with E-state index in [0.717, 1.165) is 9.79 Å². The van der Waals surface area contributed by atoms with Crippen LogP contribution in [0, 0.1) is 0 Å². The van der Waals surface area contributed by atoms with Gasteiger partial charge in [-0.15, -0.1) is 0 Å². The zero-order chi connectivity index (χ0) is 13.1. The van der Waals surface area contributed by atoms with Crippen LogP contribution in [0.25, 0.3) is 0 Å². The lowest BCUT2D eigenvalue weighted by Gasteiger charge is -2.03. The predicted molar refractivity (Wildman–Crippen MR) is 74.0 cm³/mol. The number of carboxylic acid groups (broad SMARTS) is 1. The Bertz CT molecular complexity index is 582. The Hall–Kier alpha value is -1.16. The second-order valence-corrected chi connectivity index (χ2v) is 5.47. The molecule has 0 amide bonds. The number of halogens is 2. The van der Waals surface area contributed by atoms with Crippen LogP contribution >= 0.6 is 35.0 Å². The van der Waals surface area contributed by atoms with E-state index in [2.05, 4.69) is 0 Å². The molecule has 0 atom stereocenters. The molecular weight excluding hydrogens is 291 g/mol. The maximum absolute atomic E-state index is 10.7. The Morgan fingerprint density at radius 3 is 2.11 bits per heavy atom. The molecule has 2 rings (SSSR count). The molecule has 0 aliphatic carbocycles. The normalized spacial score (nSPS) is 10.3. The first-order valence-electron chi connectivity index (χ1n) is 5.02. The summed E-state index contributed by atoms with van der Waals surface area (Å²) in [5.41, 5.74) is 0.272. The van der Waals surface area contributed by atoms with Crippen LogP contribution in [-0.4, -0.2) is 11.1 Å². The van der Waals surface area contributed by atoms with Gasteiger partial charge in [-0.25, -0.2) is 4.79 Å². The van der Waals surface area contributed by atoms with Crippen molar-refractivity contribution in [2.75, 3.05) is 0 Å². The third-order valence-corrected chi connectivity index (χ3v) is 3.96. The van der Waals surface area contributed by atoms with E-state index in [1.54, 1.807) is 36.4 Å². The average molecular weight is 299 g/mol. The van der Waals surface area contributed by atoms with Gasteiger partial charge in [-0.2, -0.15) is 0 Å². The largest absolute Gasteiger partial charge is 0.478 e. The van der Waals surface area contributed by atoms with Crippen LogP contribution in [0.4, 0.5) is 0 Å². The Morgan fingerprint density at radius 1 is 0.944 bits per heavy atom. The molecule has 0 aliphatic heterocycles. The van der Waals surface area contributed by atoms with E-state index >= 15 is 0 Å². The Labute approximate surface area is 119 Å². The summed E-state index contributed by atoms with van der Waals surface area (Å²) in [5.74, 6) is -0.930. The number of carbonyl (C=O) groups is 1. The fraction of sp³-hybridized carbons (Fsp3) is 0. The summed E-state index contributed by atoms with van der Waals surface area (Å²) >= 11 is 13.3. The Balaban J connectivity index is 2.18. The SMILES string of the molecule is O=C(O)c1ccc(Sc2ccc(Cl)c(Cl)c2)cc1. The van der Waals surface area contributed by atoms with Gasteiger partial charge in [0, 0.05) is 9.79 Å². The number of aromatic carboxylic acids is 1. The summed E-state index contributed by atoms with van der Waals surface area (Å²) in [7, 11) is 0. The summed E-state index contributed by atoms with van der Waals surface area (Å²) in [6, 6.07) is 12.0. The van der Waals surface area contributed by atoms with Crippen molar-refractivity contribution in [2.24, 2.45) is 0 Å². The summed E-state index contributed by atoms with van der Waals surface area (Å²) < 4.78 is 0. The smallest absolute Gasteiger partial charge is 0.335 e. The zero-order valence-electron chi connectivity index (χ0n) is 9.06. The standard InChI is InChI=1S/C13H8Cl2O2S/c14-11-6-5-10(7-12(11)15)18-9-3-1-8(2-4-9)13(16)17/h1-7H,(H,16,17). The molecule has 0 aliphatic rings. The summed E-state index contributed by atoms with van der Waals surface area (Å²) in [6.07, 6.45) is 0. The number of carboxylic acids is 1. The third kappa shape index (κ3) is 3.19. The van der Waals surface area contributed by atoms with Crippen LogP contribution in [-0.2, 0) is 0 Å². The van der Waals surface area contributed by atoms with E-state index in [1.807, 2.05) is 6.07 Å². The molecule has 2 nitrogen and oxygen atoms in total. The van der Waals surface area contributed by atoms with E-state index < -0.39 is 5.97 Å². The van der Waals surface area contributed by atoms with Gasteiger partial charge in [0.2, 0.25) is 0 Å². The van der Waals surface area contributed by atoms with Crippen molar-refractivity contribution in [1.29, 1.82) is 0 Å². The second kappa shape index (κ2) is 5.65. The van der Waals surface area contributed by atoms with Gasteiger partial charge in [-0.3, -0.25) is 0 Å². The van der Waals surface area contributed by atoms with Gasteiger partial charge in [-0.1, -0.05) is 35.0 Å². The number of benzene rings is 2. The molecule has 5 heteroatoms. The maximum atomic E-state index is 10.7. The molecular formula is C13H8Cl2O2S. The molecule has 0 unspecified atom stereocenters. The fourth-order valence-corrected chi connectivity index (χ4v) is 2.56. The first-order chi connectivity index (χ1) is 8.56. The van der Waals surface area contributed by atoms with E-state index in [9.17, 15) is 4.79 Å². The lowest BCUT2D eigenvalue weighted by atomic mass is 10.2. The number of rotatable bonds is 3. The molecule has 0 bridgehead atoms. The van der Waals surface area contributed by atoms with Gasteiger partial charge >= 0.3 is 5.97 Å². The lowest BCUT2D eigenvalue weighted by molar-refractivity contribution is 0.0697.